The van der Waals surface area contributed by atoms with Crippen molar-refractivity contribution in [1.82, 2.24) is 4.98 Å². The highest BCUT2D eigenvalue weighted by atomic mass is 35.5. The monoisotopic (exact) mass is 294 g/mol. The molecule has 0 atom stereocenters. The van der Waals surface area contributed by atoms with E-state index < -0.39 is 0 Å². The smallest absolute Gasteiger partial charge is 0.180 e. The lowest BCUT2D eigenvalue weighted by atomic mass is 10.1. The van der Waals surface area contributed by atoms with E-state index in [-0.39, 0.29) is 0 Å². The van der Waals surface area contributed by atoms with Gasteiger partial charge in [0, 0.05) is 11.4 Å². The van der Waals surface area contributed by atoms with Crippen molar-refractivity contribution >= 4 is 40.2 Å². The molecule has 0 aliphatic carbocycles. The largest absolute Gasteiger partial charge is 0.486 e. The van der Waals surface area contributed by atoms with E-state index in [9.17, 15) is 0 Å². The Morgan fingerprint density at radius 2 is 1.95 bits per heavy atom. The fraction of sp³-hybridized carbons (Fsp3) is 0.154. The number of ether oxygens (including phenoxy) is 2. The molecule has 0 amide bonds. The molecule has 4 nitrogen and oxygen atoms in total. The summed E-state index contributed by atoms with van der Waals surface area (Å²) in [5.41, 5.74) is 7.25. The lowest BCUT2D eigenvalue weighted by molar-refractivity contribution is 0.171. The van der Waals surface area contributed by atoms with Gasteiger partial charge >= 0.3 is 0 Å². The molecule has 19 heavy (non-hydrogen) atoms. The Morgan fingerprint density at radius 1 is 1.21 bits per heavy atom. The average Bonchev–Trinajstić information content (AvgIpc) is 2.82. The summed E-state index contributed by atoms with van der Waals surface area (Å²) in [6.45, 7) is 1.11. The molecular formula is C13H11ClN2O2S. The van der Waals surface area contributed by atoms with Crippen LogP contribution in [0.5, 0.6) is 11.5 Å². The van der Waals surface area contributed by atoms with Crippen molar-refractivity contribution in [3.8, 4) is 11.5 Å². The number of nitrogens with two attached hydrogens (primary N) is 1. The first kappa shape index (κ1) is 12.3. The van der Waals surface area contributed by atoms with Gasteiger partial charge in [0.25, 0.3) is 0 Å². The molecular weight excluding hydrogens is 284 g/mol. The zero-order chi connectivity index (χ0) is 13.2. The van der Waals surface area contributed by atoms with Crippen LogP contribution in [0.4, 0.5) is 5.13 Å². The maximum atomic E-state index is 6.20. The molecule has 0 unspecified atom stereocenters. The number of anilines is 1. The minimum atomic E-state index is 0.549. The van der Waals surface area contributed by atoms with Gasteiger partial charge in [0.2, 0.25) is 0 Å². The number of nitrogen functional groups attached to an aromatic ring is 1. The van der Waals surface area contributed by atoms with E-state index in [1.54, 1.807) is 6.07 Å². The van der Waals surface area contributed by atoms with Crippen LogP contribution in [0, 0.1) is 0 Å². The molecule has 0 saturated heterocycles. The van der Waals surface area contributed by atoms with Gasteiger partial charge in [0.1, 0.15) is 13.2 Å². The Hall–Kier alpha value is -1.72. The molecule has 1 aliphatic heterocycles. The van der Waals surface area contributed by atoms with E-state index in [1.807, 2.05) is 23.6 Å². The molecule has 2 N–H and O–H groups in total. The van der Waals surface area contributed by atoms with Gasteiger partial charge in [-0.25, -0.2) is 4.98 Å². The highest BCUT2D eigenvalue weighted by Crippen LogP contribution is 2.36. The molecule has 0 bridgehead atoms. The van der Waals surface area contributed by atoms with Crippen LogP contribution in [0.15, 0.2) is 17.5 Å². The summed E-state index contributed by atoms with van der Waals surface area (Å²) in [5, 5.41) is 3.05. The fourth-order valence-corrected chi connectivity index (χ4v) is 2.51. The van der Waals surface area contributed by atoms with E-state index in [4.69, 9.17) is 26.8 Å². The van der Waals surface area contributed by atoms with Crippen molar-refractivity contribution in [2.75, 3.05) is 18.9 Å². The first-order valence-corrected chi connectivity index (χ1v) is 6.96. The van der Waals surface area contributed by atoms with Gasteiger partial charge in [-0.05, 0) is 17.7 Å². The van der Waals surface area contributed by atoms with Crippen molar-refractivity contribution in [3.63, 3.8) is 0 Å². The Bertz CT molecular complexity index is 640. The molecule has 2 heterocycles. The highest BCUT2D eigenvalue weighted by Gasteiger charge is 2.13. The predicted octanol–water partition coefficient (Wildman–Crippen LogP) is 3.32. The van der Waals surface area contributed by atoms with E-state index in [2.05, 4.69) is 4.98 Å². The summed E-state index contributed by atoms with van der Waals surface area (Å²) in [4.78, 5) is 4.15. The first-order chi connectivity index (χ1) is 9.22. The third-order valence-electron chi connectivity index (χ3n) is 2.63. The third-order valence-corrected chi connectivity index (χ3v) is 3.65. The minimum Gasteiger partial charge on any atom is -0.486 e. The molecule has 98 valence electrons. The molecule has 1 aromatic carbocycles. The van der Waals surface area contributed by atoms with Crippen LogP contribution in [0.2, 0.25) is 5.02 Å². The van der Waals surface area contributed by atoms with Crippen LogP contribution >= 0.6 is 22.9 Å². The van der Waals surface area contributed by atoms with Crippen molar-refractivity contribution in [3.05, 3.63) is 33.8 Å². The van der Waals surface area contributed by atoms with Gasteiger partial charge in [-0.1, -0.05) is 17.7 Å². The van der Waals surface area contributed by atoms with E-state index in [0.717, 1.165) is 11.3 Å². The predicted molar refractivity (Wildman–Crippen MR) is 77.9 cm³/mol. The van der Waals surface area contributed by atoms with Gasteiger partial charge in [-0.3, -0.25) is 0 Å². The molecule has 0 saturated carbocycles. The lowest BCUT2D eigenvalue weighted by Gasteiger charge is -2.19. The quantitative estimate of drug-likeness (QED) is 0.923. The van der Waals surface area contributed by atoms with Crippen LogP contribution in [-0.2, 0) is 0 Å². The van der Waals surface area contributed by atoms with Gasteiger partial charge in [-0.2, -0.15) is 0 Å². The highest BCUT2D eigenvalue weighted by molar-refractivity contribution is 7.13. The average molecular weight is 295 g/mol. The molecule has 0 fully saturated rings. The summed E-state index contributed by atoms with van der Waals surface area (Å²) >= 11 is 7.61. The van der Waals surface area contributed by atoms with Gasteiger partial charge in [-0.15, -0.1) is 11.3 Å². The first-order valence-electron chi connectivity index (χ1n) is 5.70. The van der Waals surface area contributed by atoms with Gasteiger partial charge < -0.3 is 15.2 Å². The zero-order valence-corrected chi connectivity index (χ0v) is 11.5. The van der Waals surface area contributed by atoms with E-state index in [1.165, 1.54) is 11.3 Å². The number of nitrogens with zero attached hydrogens (tertiary/aromatic N) is 1. The Labute approximate surface area is 119 Å². The van der Waals surface area contributed by atoms with Crippen LogP contribution in [0.3, 0.4) is 0 Å². The van der Waals surface area contributed by atoms with Crippen LogP contribution < -0.4 is 15.2 Å². The normalized spacial score (nSPS) is 13.9. The molecule has 3 rings (SSSR count). The summed E-state index contributed by atoms with van der Waals surface area (Å²) in [6.07, 6.45) is 3.75. The van der Waals surface area contributed by atoms with Crippen molar-refractivity contribution < 1.29 is 9.47 Å². The summed E-state index contributed by atoms with van der Waals surface area (Å²) in [7, 11) is 0. The van der Waals surface area contributed by atoms with Gasteiger partial charge in [0.05, 0.1) is 10.7 Å². The minimum absolute atomic E-state index is 0.549. The molecule has 1 aliphatic rings. The van der Waals surface area contributed by atoms with Crippen molar-refractivity contribution in [2.45, 2.75) is 0 Å². The zero-order valence-electron chi connectivity index (χ0n) is 9.93. The molecule has 6 heteroatoms. The summed E-state index contributed by atoms with van der Waals surface area (Å²) in [5.74, 6) is 1.40. The van der Waals surface area contributed by atoms with Crippen LogP contribution in [0.1, 0.15) is 11.3 Å². The van der Waals surface area contributed by atoms with Crippen molar-refractivity contribution in [2.24, 2.45) is 0 Å². The standard InChI is InChI=1S/C13H11ClN2O2S/c14-10-6-12-11(17-3-4-18-12)5-8(10)1-2-9-7-19-13(15)16-9/h1-2,5-7H,3-4H2,(H2,15,16). The maximum absolute atomic E-state index is 6.20. The number of benzene rings is 1. The van der Waals surface area contributed by atoms with Crippen LogP contribution in [-0.4, -0.2) is 18.2 Å². The lowest BCUT2D eigenvalue weighted by Crippen LogP contribution is -2.15. The van der Waals surface area contributed by atoms with Crippen LogP contribution in [0.25, 0.3) is 12.2 Å². The second-order valence-corrected chi connectivity index (χ2v) is 5.26. The molecule has 0 spiro atoms. The second kappa shape index (κ2) is 5.11. The molecule has 0 radical (unpaired) electrons. The molecule has 1 aromatic heterocycles. The Balaban J connectivity index is 1.90. The summed E-state index contributed by atoms with van der Waals surface area (Å²) in [6, 6.07) is 3.63. The summed E-state index contributed by atoms with van der Waals surface area (Å²) < 4.78 is 11.0. The van der Waals surface area contributed by atoms with Crippen molar-refractivity contribution in [1.29, 1.82) is 0 Å². The number of hydrogen-bond acceptors (Lipinski definition) is 5. The number of thiazole rings is 1. The SMILES string of the molecule is Nc1nc(C=Cc2cc3c(cc2Cl)OCCO3)cs1. The van der Waals surface area contributed by atoms with E-state index in [0.29, 0.717) is 34.9 Å². The number of fused-ring (bicyclic) bond motifs is 1. The number of rotatable bonds is 2. The number of halogens is 1. The number of hydrogen-bond donors (Lipinski definition) is 1. The Morgan fingerprint density at radius 3 is 2.63 bits per heavy atom. The molecule has 2 aromatic rings. The second-order valence-electron chi connectivity index (χ2n) is 3.96. The fourth-order valence-electron chi connectivity index (χ4n) is 1.76. The van der Waals surface area contributed by atoms with E-state index >= 15 is 0 Å². The number of aromatic nitrogens is 1. The Kier molecular flexibility index (Phi) is 3.31. The maximum Gasteiger partial charge on any atom is 0.180 e. The topological polar surface area (TPSA) is 57.4 Å². The van der Waals surface area contributed by atoms with Gasteiger partial charge in [0.15, 0.2) is 16.6 Å². The third kappa shape index (κ3) is 2.67.